The minimum Gasteiger partial charge on any atom is -0.478 e. The lowest BCUT2D eigenvalue weighted by Gasteiger charge is -2.03. The topological polar surface area (TPSA) is 80.9 Å². The Bertz CT molecular complexity index is 497. The number of tetrazole rings is 1. The second-order valence-corrected chi connectivity index (χ2v) is 2.69. The van der Waals surface area contributed by atoms with Gasteiger partial charge in [-0.25, -0.2) is 9.18 Å². The lowest BCUT2D eigenvalue weighted by molar-refractivity contribution is 0.0696. The van der Waals surface area contributed by atoms with Crippen molar-refractivity contribution in [2.45, 2.75) is 0 Å². The molecule has 2 rings (SSSR count). The summed E-state index contributed by atoms with van der Waals surface area (Å²) in [5.41, 5.74) is -0.0469. The van der Waals surface area contributed by atoms with Gasteiger partial charge in [0.1, 0.15) is 11.5 Å². The minimum atomic E-state index is -1.18. The molecule has 1 heterocycles. The summed E-state index contributed by atoms with van der Waals surface area (Å²) < 4.78 is 12.9. The number of hydrogen-bond donors (Lipinski definition) is 1. The van der Waals surface area contributed by atoms with Crippen molar-refractivity contribution in [2.75, 3.05) is 0 Å². The Balaban J connectivity index is 2.63. The molecule has 0 fully saturated rings. The van der Waals surface area contributed by atoms with Crippen molar-refractivity contribution in [2.24, 2.45) is 0 Å². The lowest BCUT2D eigenvalue weighted by Crippen LogP contribution is -2.08. The Morgan fingerprint density at radius 1 is 1.47 bits per heavy atom. The van der Waals surface area contributed by atoms with Crippen molar-refractivity contribution < 1.29 is 14.3 Å². The number of carboxylic acids is 1. The van der Waals surface area contributed by atoms with Gasteiger partial charge in [-0.15, -0.1) is 15.0 Å². The first kappa shape index (κ1) is 9.25. The third-order valence-electron chi connectivity index (χ3n) is 1.75. The van der Waals surface area contributed by atoms with Crippen LogP contribution in [0.4, 0.5) is 4.39 Å². The van der Waals surface area contributed by atoms with Crippen LogP contribution in [-0.2, 0) is 0 Å². The molecular formula is C8H5FN4O2. The molecule has 0 spiro atoms. The Labute approximate surface area is 83.0 Å². The summed E-state index contributed by atoms with van der Waals surface area (Å²) >= 11 is 0. The van der Waals surface area contributed by atoms with E-state index in [1.807, 2.05) is 0 Å². The van der Waals surface area contributed by atoms with Gasteiger partial charge in [0.25, 0.3) is 0 Å². The standard InChI is InChI=1S/C8H5FN4O2/c9-5-1-2-6(8(14)15)7(3-5)13-11-4-10-12-13/h1-4H,(H,14,15). The molecule has 2 aromatic rings. The highest BCUT2D eigenvalue weighted by atomic mass is 19.1. The summed E-state index contributed by atoms with van der Waals surface area (Å²) in [5.74, 6) is -1.74. The first-order valence-electron chi connectivity index (χ1n) is 3.94. The van der Waals surface area contributed by atoms with Crippen molar-refractivity contribution in [1.29, 1.82) is 0 Å². The van der Waals surface area contributed by atoms with Crippen LogP contribution in [0.1, 0.15) is 10.4 Å². The van der Waals surface area contributed by atoms with E-state index in [9.17, 15) is 9.18 Å². The van der Waals surface area contributed by atoms with Gasteiger partial charge in [0, 0.05) is 6.07 Å². The van der Waals surface area contributed by atoms with Crippen molar-refractivity contribution in [3.8, 4) is 5.69 Å². The molecule has 0 amide bonds. The number of carbonyl (C=O) groups is 1. The zero-order valence-corrected chi connectivity index (χ0v) is 7.33. The van der Waals surface area contributed by atoms with Crippen LogP contribution in [0.25, 0.3) is 5.69 Å². The zero-order valence-electron chi connectivity index (χ0n) is 7.33. The quantitative estimate of drug-likeness (QED) is 0.777. The SMILES string of the molecule is O=C(O)c1ccc(F)cc1-n1ncnn1. The van der Waals surface area contributed by atoms with Gasteiger partial charge in [-0.05, 0) is 17.3 Å². The van der Waals surface area contributed by atoms with E-state index < -0.39 is 11.8 Å². The molecule has 7 heteroatoms. The number of benzene rings is 1. The summed E-state index contributed by atoms with van der Waals surface area (Å²) in [6, 6.07) is 3.24. The number of hydrogen-bond acceptors (Lipinski definition) is 4. The van der Waals surface area contributed by atoms with E-state index in [0.717, 1.165) is 29.3 Å². The van der Waals surface area contributed by atoms with E-state index in [2.05, 4.69) is 15.4 Å². The highest BCUT2D eigenvalue weighted by molar-refractivity contribution is 5.91. The van der Waals surface area contributed by atoms with E-state index in [0.29, 0.717) is 0 Å². The second-order valence-electron chi connectivity index (χ2n) is 2.69. The molecule has 0 saturated heterocycles. The number of aromatic carboxylic acids is 1. The fourth-order valence-electron chi connectivity index (χ4n) is 1.13. The number of carboxylic acid groups (broad SMARTS) is 1. The van der Waals surface area contributed by atoms with Crippen LogP contribution in [0.15, 0.2) is 24.5 Å². The molecule has 0 atom stereocenters. The van der Waals surface area contributed by atoms with Crippen LogP contribution in [0.3, 0.4) is 0 Å². The number of nitrogens with zero attached hydrogens (tertiary/aromatic N) is 4. The van der Waals surface area contributed by atoms with Gasteiger partial charge < -0.3 is 5.11 Å². The van der Waals surface area contributed by atoms with Crippen molar-refractivity contribution in [3.05, 3.63) is 35.9 Å². The van der Waals surface area contributed by atoms with Gasteiger partial charge in [-0.2, -0.15) is 0 Å². The first-order valence-corrected chi connectivity index (χ1v) is 3.94. The summed E-state index contributed by atoms with van der Waals surface area (Å²) in [4.78, 5) is 11.8. The lowest BCUT2D eigenvalue weighted by atomic mass is 10.2. The average Bonchev–Trinajstić information content (AvgIpc) is 2.69. The van der Waals surface area contributed by atoms with Gasteiger partial charge in [-0.3, -0.25) is 0 Å². The molecule has 1 aromatic carbocycles. The van der Waals surface area contributed by atoms with Gasteiger partial charge in [0.15, 0.2) is 6.33 Å². The Morgan fingerprint density at radius 3 is 2.87 bits per heavy atom. The average molecular weight is 208 g/mol. The largest absolute Gasteiger partial charge is 0.478 e. The van der Waals surface area contributed by atoms with E-state index >= 15 is 0 Å². The monoisotopic (exact) mass is 208 g/mol. The molecule has 6 nitrogen and oxygen atoms in total. The van der Waals surface area contributed by atoms with Crippen LogP contribution in [-0.4, -0.2) is 31.3 Å². The molecular weight excluding hydrogens is 203 g/mol. The van der Waals surface area contributed by atoms with Crippen molar-refractivity contribution in [1.82, 2.24) is 20.2 Å². The summed E-state index contributed by atoms with van der Waals surface area (Å²) in [6.45, 7) is 0. The molecule has 0 saturated carbocycles. The molecule has 1 aromatic heterocycles. The molecule has 0 bridgehead atoms. The minimum absolute atomic E-state index is 0.0417. The molecule has 15 heavy (non-hydrogen) atoms. The van der Waals surface area contributed by atoms with Gasteiger partial charge in [0.2, 0.25) is 0 Å². The summed E-state index contributed by atoms with van der Waals surface area (Å²) in [5, 5.41) is 19.4. The van der Waals surface area contributed by atoms with Gasteiger partial charge in [0.05, 0.1) is 5.56 Å². The number of rotatable bonds is 2. The smallest absolute Gasteiger partial charge is 0.337 e. The highest BCUT2D eigenvalue weighted by Gasteiger charge is 2.13. The van der Waals surface area contributed by atoms with Crippen molar-refractivity contribution >= 4 is 5.97 Å². The Hall–Kier alpha value is -2.31. The van der Waals surface area contributed by atoms with Crippen LogP contribution >= 0.6 is 0 Å². The molecule has 0 aliphatic rings. The van der Waals surface area contributed by atoms with E-state index in [4.69, 9.17) is 5.11 Å². The Morgan fingerprint density at radius 2 is 2.27 bits per heavy atom. The van der Waals surface area contributed by atoms with Crippen molar-refractivity contribution in [3.63, 3.8) is 0 Å². The maximum atomic E-state index is 12.9. The maximum absolute atomic E-state index is 12.9. The highest BCUT2D eigenvalue weighted by Crippen LogP contribution is 2.14. The van der Waals surface area contributed by atoms with Crippen LogP contribution in [0.5, 0.6) is 0 Å². The number of halogens is 1. The molecule has 1 N–H and O–H groups in total. The third-order valence-corrected chi connectivity index (χ3v) is 1.75. The first-order chi connectivity index (χ1) is 7.18. The Kier molecular flexibility index (Phi) is 2.13. The van der Waals surface area contributed by atoms with E-state index in [1.54, 1.807) is 0 Å². The van der Waals surface area contributed by atoms with Crippen LogP contribution in [0.2, 0.25) is 0 Å². The van der Waals surface area contributed by atoms with Crippen LogP contribution in [0, 0.1) is 5.82 Å². The summed E-state index contributed by atoms with van der Waals surface area (Å²) in [7, 11) is 0. The fraction of sp³-hybridized carbons (Fsp3) is 0. The third kappa shape index (κ3) is 1.66. The number of aromatic nitrogens is 4. The maximum Gasteiger partial charge on any atom is 0.337 e. The van der Waals surface area contributed by atoms with Gasteiger partial charge in [-0.1, -0.05) is 0 Å². The molecule has 76 valence electrons. The molecule has 0 radical (unpaired) electrons. The van der Waals surface area contributed by atoms with Crippen LogP contribution < -0.4 is 0 Å². The predicted octanol–water partition coefficient (Wildman–Crippen LogP) is 0.500. The normalized spacial score (nSPS) is 10.2. The molecule has 0 aliphatic carbocycles. The van der Waals surface area contributed by atoms with E-state index in [-0.39, 0.29) is 11.3 Å². The molecule has 0 aliphatic heterocycles. The zero-order chi connectivity index (χ0) is 10.8. The second kappa shape index (κ2) is 3.45. The van der Waals surface area contributed by atoms with E-state index in [1.165, 1.54) is 0 Å². The summed E-state index contributed by atoms with van der Waals surface area (Å²) in [6.07, 6.45) is 1.14. The predicted molar refractivity (Wildman–Crippen MR) is 46.1 cm³/mol. The fourth-order valence-corrected chi connectivity index (χ4v) is 1.13. The molecule has 0 unspecified atom stereocenters. The van der Waals surface area contributed by atoms with Gasteiger partial charge >= 0.3 is 5.97 Å².